The van der Waals surface area contributed by atoms with Crippen molar-refractivity contribution in [1.29, 1.82) is 5.26 Å². The van der Waals surface area contributed by atoms with E-state index in [2.05, 4.69) is 6.07 Å². The van der Waals surface area contributed by atoms with Gasteiger partial charge in [0, 0.05) is 17.0 Å². The van der Waals surface area contributed by atoms with Crippen molar-refractivity contribution in [2.45, 2.75) is 12.7 Å². The number of hydrogen-bond donors (Lipinski definition) is 0. The average molecular weight is 393 g/mol. The first kappa shape index (κ1) is 18.0. The molecule has 1 aromatic heterocycles. The average Bonchev–Trinajstić information content (AvgIpc) is 2.54. The van der Waals surface area contributed by atoms with Crippen molar-refractivity contribution in [2.24, 2.45) is 0 Å². The molecule has 1 heterocycles. The number of hydrogen-bond acceptors (Lipinski definition) is 1. The molecule has 0 aliphatic carbocycles. The molecule has 0 unspecified atom stereocenters. The first-order valence-corrected chi connectivity index (χ1v) is 6.96. The summed E-state index contributed by atoms with van der Waals surface area (Å²) in [5.74, 6) is 0. The van der Waals surface area contributed by atoms with Crippen LogP contribution in [-0.2, 0) is 12.7 Å². The fraction of sp³-hybridized carbons (Fsp3) is 0.111. The highest BCUT2D eigenvalue weighted by Crippen LogP contribution is 2.29. The van der Waals surface area contributed by atoms with Gasteiger partial charge in [0.1, 0.15) is 11.6 Å². The lowest BCUT2D eigenvalue weighted by molar-refractivity contribution is -0.662. The molecule has 24 heavy (non-hydrogen) atoms. The Labute approximate surface area is 147 Å². The molecule has 0 N–H and O–H groups in total. The summed E-state index contributed by atoms with van der Waals surface area (Å²) in [5.41, 5.74) is 1.51. The predicted octanol–water partition coefficient (Wildman–Crippen LogP) is 1.07. The van der Waals surface area contributed by atoms with Crippen molar-refractivity contribution < 1.29 is 34.7 Å². The van der Waals surface area contributed by atoms with Gasteiger partial charge in [-0.3, -0.25) is 0 Å². The SMILES string of the molecule is N#Cc1cc2ccccc2[n+](Cc2ccc(C(F)(F)F)cc2)c1.[Br-]. The number of fused-ring (bicyclic) bond motifs is 1. The Morgan fingerprint density at radius 2 is 1.67 bits per heavy atom. The van der Waals surface area contributed by atoms with E-state index in [0.29, 0.717) is 12.1 Å². The molecule has 0 bridgehead atoms. The van der Waals surface area contributed by atoms with Gasteiger partial charge in [-0.25, -0.2) is 0 Å². The van der Waals surface area contributed by atoms with E-state index in [1.807, 2.05) is 28.8 Å². The van der Waals surface area contributed by atoms with E-state index >= 15 is 0 Å². The van der Waals surface area contributed by atoms with Crippen molar-refractivity contribution in [2.75, 3.05) is 0 Å². The number of nitriles is 1. The second-order valence-corrected chi connectivity index (χ2v) is 5.22. The van der Waals surface area contributed by atoms with Gasteiger partial charge in [-0.05, 0) is 24.3 Å². The molecule has 6 heteroatoms. The molecule has 3 aromatic rings. The Kier molecular flexibility index (Phi) is 5.25. The number of pyridine rings is 1. The van der Waals surface area contributed by atoms with E-state index < -0.39 is 11.7 Å². The van der Waals surface area contributed by atoms with E-state index in [0.717, 1.165) is 28.6 Å². The number of halogens is 4. The van der Waals surface area contributed by atoms with Crippen LogP contribution in [0.2, 0.25) is 0 Å². The molecule has 122 valence electrons. The summed E-state index contributed by atoms with van der Waals surface area (Å²) >= 11 is 0. The third-order valence-electron chi connectivity index (χ3n) is 3.62. The standard InChI is InChI=1S/C18H12F3N2.BrH/c19-18(20,21)16-7-5-13(6-8-16)11-23-12-14(10-22)9-15-3-1-2-4-17(15)23;/h1-9,12H,11H2;1H/q+1;/p-1. The van der Waals surface area contributed by atoms with Gasteiger partial charge in [-0.1, -0.05) is 24.3 Å². The summed E-state index contributed by atoms with van der Waals surface area (Å²) in [5, 5.41) is 10.0. The van der Waals surface area contributed by atoms with Gasteiger partial charge in [0.25, 0.3) is 0 Å². The van der Waals surface area contributed by atoms with Gasteiger partial charge in [0.15, 0.2) is 12.7 Å². The lowest BCUT2D eigenvalue weighted by Gasteiger charge is -2.07. The van der Waals surface area contributed by atoms with Crippen molar-refractivity contribution in [3.8, 4) is 6.07 Å². The molecule has 0 saturated carbocycles. The molecule has 0 aliphatic heterocycles. The van der Waals surface area contributed by atoms with Crippen LogP contribution in [-0.4, -0.2) is 0 Å². The monoisotopic (exact) mass is 392 g/mol. The highest BCUT2D eigenvalue weighted by molar-refractivity contribution is 5.76. The quantitative estimate of drug-likeness (QED) is 0.599. The zero-order valence-corrected chi connectivity index (χ0v) is 14.0. The van der Waals surface area contributed by atoms with Gasteiger partial charge in [0.05, 0.1) is 5.56 Å². The zero-order chi connectivity index (χ0) is 16.4. The molecule has 2 nitrogen and oxygen atoms in total. The Hall–Kier alpha value is -2.39. The smallest absolute Gasteiger partial charge is 0.416 e. The highest BCUT2D eigenvalue weighted by atomic mass is 79.9. The van der Waals surface area contributed by atoms with Crippen LogP contribution in [0.3, 0.4) is 0 Å². The van der Waals surface area contributed by atoms with Crippen LogP contribution in [0.1, 0.15) is 16.7 Å². The summed E-state index contributed by atoms with van der Waals surface area (Å²) < 4.78 is 39.7. The maximum Gasteiger partial charge on any atom is 0.416 e. The molecular formula is C18H12BrF3N2. The normalized spacial score (nSPS) is 10.9. The van der Waals surface area contributed by atoms with Gasteiger partial charge < -0.3 is 17.0 Å². The van der Waals surface area contributed by atoms with Crippen molar-refractivity contribution in [3.05, 3.63) is 77.5 Å². The lowest BCUT2D eigenvalue weighted by Crippen LogP contribution is -3.00. The van der Waals surface area contributed by atoms with E-state index in [-0.39, 0.29) is 17.0 Å². The second kappa shape index (κ2) is 7.02. The minimum Gasteiger partial charge on any atom is -1.00 e. The summed E-state index contributed by atoms with van der Waals surface area (Å²) in [6.45, 7) is 0.397. The number of para-hydroxylation sites is 1. The predicted molar refractivity (Wildman–Crippen MR) is 79.4 cm³/mol. The topological polar surface area (TPSA) is 27.7 Å². The maximum absolute atomic E-state index is 12.6. The lowest BCUT2D eigenvalue weighted by atomic mass is 10.1. The third-order valence-corrected chi connectivity index (χ3v) is 3.62. The van der Waals surface area contributed by atoms with E-state index in [1.165, 1.54) is 12.1 Å². The summed E-state index contributed by atoms with van der Waals surface area (Å²) in [4.78, 5) is 0. The minimum atomic E-state index is -4.33. The molecule has 0 amide bonds. The Bertz CT molecular complexity index is 897. The van der Waals surface area contributed by atoms with Gasteiger partial charge >= 0.3 is 6.18 Å². The molecule has 0 fully saturated rings. The van der Waals surface area contributed by atoms with Crippen LogP contribution in [0.4, 0.5) is 13.2 Å². The summed E-state index contributed by atoms with van der Waals surface area (Å²) in [6.07, 6.45) is -2.63. The molecule has 2 aromatic carbocycles. The number of nitrogens with zero attached hydrogens (tertiary/aromatic N) is 2. The molecule has 0 spiro atoms. The number of alkyl halides is 3. The molecule has 0 saturated heterocycles. The second-order valence-electron chi connectivity index (χ2n) is 5.22. The maximum atomic E-state index is 12.6. The molecule has 3 rings (SSSR count). The first-order valence-electron chi connectivity index (χ1n) is 6.96. The van der Waals surface area contributed by atoms with Crippen molar-refractivity contribution in [1.82, 2.24) is 0 Å². The Balaban J connectivity index is 0.00000208. The van der Waals surface area contributed by atoms with Crippen molar-refractivity contribution >= 4 is 10.9 Å². The van der Waals surface area contributed by atoms with Crippen LogP contribution in [0.25, 0.3) is 10.9 Å². The van der Waals surface area contributed by atoms with E-state index in [4.69, 9.17) is 5.26 Å². The highest BCUT2D eigenvalue weighted by Gasteiger charge is 2.30. The fourth-order valence-electron chi connectivity index (χ4n) is 2.50. The molecular weight excluding hydrogens is 381 g/mol. The first-order chi connectivity index (χ1) is 11.0. The Morgan fingerprint density at radius 1 is 1.00 bits per heavy atom. The zero-order valence-electron chi connectivity index (χ0n) is 12.4. The van der Waals surface area contributed by atoms with Gasteiger partial charge in [-0.15, -0.1) is 0 Å². The van der Waals surface area contributed by atoms with Crippen LogP contribution in [0.5, 0.6) is 0 Å². The Morgan fingerprint density at radius 3 is 2.29 bits per heavy atom. The molecule has 0 atom stereocenters. The van der Waals surface area contributed by atoms with Crippen LogP contribution in [0.15, 0.2) is 60.8 Å². The van der Waals surface area contributed by atoms with E-state index in [9.17, 15) is 13.2 Å². The van der Waals surface area contributed by atoms with Crippen LogP contribution in [0, 0.1) is 11.3 Å². The number of benzene rings is 2. The van der Waals surface area contributed by atoms with E-state index in [1.54, 1.807) is 12.3 Å². The van der Waals surface area contributed by atoms with Gasteiger partial charge in [-0.2, -0.15) is 23.0 Å². The number of rotatable bonds is 2. The summed E-state index contributed by atoms with van der Waals surface area (Å²) in [7, 11) is 0. The number of aromatic nitrogens is 1. The van der Waals surface area contributed by atoms with Crippen LogP contribution >= 0.6 is 0 Å². The summed E-state index contributed by atoms with van der Waals surface area (Å²) in [6, 6.07) is 16.6. The van der Waals surface area contributed by atoms with Gasteiger partial charge in [0.2, 0.25) is 5.52 Å². The largest absolute Gasteiger partial charge is 1.00 e. The third kappa shape index (κ3) is 3.74. The van der Waals surface area contributed by atoms with Crippen LogP contribution < -0.4 is 21.5 Å². The minimum absolute atomic E-state index is 0. The molecule has 0 radical (unpaired) electrons. The molecule has 0 aliphatic rings. The van der Waals surface area contributed by atoms with Crippen molar-refractivity contribution in [3.63, 3.8) is 0 Å². The fourth-order valence-corrected chi connectivity index (χ4v) is 2.50.